The van der Waals surface area contributed by atoms with Crippen molar-refractivity contribution in [3.05, 3.63) is 52.5 Å². The number of hydrogen-bond donors (Lipinski definition) is 0. The average Bonchev–Trinajstić information content (AvgIpc) is 3.05. The topological polar surface area (TPSA) is 65.5 Å². The lowest BCUT2D eigenvalue weighted by Gasteiger charge is -2.13. The lowest BCUT2D eigenvalue weighted by atomic mass is 9.96. The van der Waals surface area contributed by atoms with Crippen LogP contribution in [0.5, 0.6) is 0 Å². The van der Waals surface area contributed by atoms with Crippen LogP contribution in [0.1, 0.15) is 39.6 Å². The van der Waals surface area contributed by atoms with Gasteiger partial charge in [-0.2, -0.15) is 0 Å². The summed E-state index contributed by atoms with van der Waals surface area (Å²) in [5, 5.41) is 0.748. The molecule has 0 spiro atoms. The van der Waals surface area contributed by atoms with Crippen molar-refractivity contribution in [3.8, 4) is 11.1 Å². The van der Waals surface area contributed by atoms with Gasteiger partial charge in [0, 0.05) is 10.9 Å². The fraction of sp³-hybridized carbons (Fsp3) is 0.250. The summed E-state index contributed by atoms with van der Waals surface area (Å²) in [5.74, 6) is -0.799. The molecule has 5 nitrogen and oxygen atoms in total. The van der Waals surface area contributed by atoms with Gasteiger partial charge in [0.2, 0.25) is 0 Å². The molecule has 134 valence electrons. The Hall–Kier alpha value is -2.73. The molecule has 0 unspecified atom stereocenters. The zero-order chi connectivity index (χ0) is 18.7. The number of esters is 2. The van der Waals surface area contributed by atoms with Crippen LogP contribution in [-0.4, -0.2) is 30.1 Å². The van der Waals surface area contributed by atoms with Gasteiger partial charge < -0.3 is 9.47 Å². The van der Waals surface area contributed by atoms with E-state index in [1.54, 1.807) is 26.8 Å². The molecule has 3 rings (SSSR count). The maximum absolute atomic E-state index is 12.6. The smallest absolute Gasteiger partial charge is 0.348 e. The Balaban J connectivity index is 2.30. The maximum Gasteiger partial charge on any atom is 0.348 e. The van der Waals surface area contributed by atoms with Crippen LogP contribution in [0.4, 0.5) is 0 Å². The summed E-state index contributed by atoms with van der Waals surface area (Å²) in [5.41, 5.74) is 2.61. The van der Waals surface area contributed by atoms with Crippen molar-refractivity contribution >= 4 is 33.5 Å². The Morgan fingerprint density at radius 1 is 1.04 bits per heavy atom. The minimum Gasteiger partial charge on any atom is -0.462 e. The normalized spacial score (nSPS) is 10.7. The molecule has 0 fully saturated rings. The Morgan fingerprint density at radius 3 is 2.35 bits per heavy atom. The Morgan fingerprint density at radius 2 is 1.69 bits per heavy atom. The van der Waals surface area contributed by atoms with Crippen LogP contribution in [-0.2, 0) is 9.47 Å². The number of fused-ring (bicyclic) bond motifs is 1. The van der Waals surface area contributed by atoms with Crippen LogP contribution in [0.15, 0.2) is 36.4 Å². The number of nitrogens with zero attached hydrogens (tertiary/aromatic N) is 1. The number of hydrogen-bond acceptors (Lipinski definition) is 6. The average molecular weight is 369 g/mol. The third kappa shape index (κ3) is 3.32. The summed E-state index contributed by atoms with van der Waals surface area (Å²) >= 11 is 1.26. The van der Waals surface area contributed by atoms with Gasteiger partial charge in [-0.3, -0.25) is 0 Å². The van der Waals surface area contributed by atoms with Gasteiger partial charge in [0.05, 0.1) is 24.5 Å². The second-order valence-electron chi connectivity index (χ2n) is 5.58. The quantitative estimate of drug-likeness (QED) is 0.614. The Bertz CT molecular complexity index is 963. The molecule has 0 amide bonds. The first-order chi connectivity index (χ1) is 12.6. The van der Waals surface area contributed by atoms with Gasteiger partial charge in [0.25, 0.3) is 0 Å². The molecule has 0 aliphatic carbocycles. The first-order valence-electron chi connectivity index (χ1n) is 8.40. The van der Waals surface area contributed by atoms with Gasteiger partial charge >= 0.3 is 11.9 Å². The first kappa shape index (κ1) is 18.1. The molecule has 0 bridgehead atoms. The highest BCUT2D eigenvalue weighted by molar-refractivity contribution is 7.20. The lowest BCUT2D eigenvalue weighted by molar-refractivity contribution is 0.0519. The molecule has 6 heteroatoms. The molecule has 0 saturated heterocycles. The van der Waals surface area contributed by atoms with Crippen molar-refractivity contribution in [3.63, 3.8) is 0 Å². The van der Waals surface area contributed by atoms with E-state index in [0.29, 0.717) is 27.6 Å². The van der Waals surface area contributed by atoms with Crippen molar-refractivity contribution < 1.29 is 19.1 Å². The highest BCUT2D eigenvalue weighted by Gasteiger charge is 2.24. The van der Waals surface area contributed by atoms with E-state index in [1.807, 2.05) is 30.3 Å². The molecule has 0 atom stereocenters. The third-order valence-electron chi connectivity index (χ3n) is 3.88. The number of rotatable bonds is 5. The number of thiophene rings is 1. The highest BCUT2D eigenvalue weighted by Crippen LogP contribution is 2.37. The number of aromatic nitrogens is 1. The van der Waals surface area contributed by atoms with E-state index in [1.165, 1.54) is 11.3 Å². The molecule has 1 aromatic carbocycles. The minimum absolute atomic E-state index is 0.280. The molecule has 0 N–H and O–H groups in total. The first-order valence-corrected chi connectivity index (χ1v) is 9.22. The maximum atomic E-state index is 12.6. The van der Waals surface area contributed by atoms with Gasteiger partial charge in [-0.1, -0.05) is 30.3 Å². The highest BCUT2D eigenvalue weighted by atomic mass is 32.1. The number of pyridine rings is 1. The van der Waals surface area contributed by atoms with Crippen molar-refractivity contribution in [2.45, 2.75) is 20.8 Å². The van der Waals surface area contributed by atoms with Crippen LogP contribution in [0.25, 0.3) is 21.3 Å². The van der Waals surface area contributed by atoms with Crippen molar-refractivity contribution in [1.82, 2.24) is 4.98 Å². The van der Waals surface area contributed by atoms with Crippen LogP contribution in [0.2, 0.25) is 0 Å². The second-order valence-corrected chi connectivity index (χ2v) is 6.61. The van der Waals surface area contributed by atoms with Gasteiger partial charge in [0.15, 0.2) is 0 Å². The number of carbonyl (C=O) groups is 2. The van der Waals surface area contributed by atoms with Crippen LogP contribution < -0.4 is 0 Å². The molecular formula is C20H19NO4S. The monoisotopic (exact) mass is 369 g/mol. The number of carbonyl (C=O) groups excluding carboxylic acids is 2. The summed E-state index contributed by atoms with van der Waals surface area (Å²) < 4.78 is 10.3. The van der Waals surface area contributed by atoms with E-state index in [0.717, 1.165) is 16.5 Å². The second kappa shape index (κ2) is 7.66. The fourth-order valence-electron chi connectivity index (χ4n) is 2.83. The van der Waals surface area contributed by atoms with Gasteiger partial charge in [-0.25, -0.2) is 14.6 Å². The van der Waals surface area contributed by atoms with Gasteiger partial charge in [-0.05, 0) is 32.4 Å². The SMILES string of the molecule is CCOC(=O)c1cc2c(-c3ccccc3)c(C(=O)OCC)c(C)nc2s1. The van der Waals surface area contributed by atoms with E-state index in [2.05, 4.69) is 4.98 Å². The molecule has 3 aromatic rings. The van der Waals surface area contributed by atoms with Crippen LogP contribution in [0, 0.1) is 6.92 Å². The van der Waals surface area contributed by atoms with E-state index in [4.69, 9.17) is 9.47 Å². The molecule has 0 aliphatic heterocycles. The van der Waals surface area contributed by atoms with E-state index < -0.39 is 5.97 Å². The van der Waals surface area contributed by atoms with Crippen molar-refractivity contribution in [2.75, 3.05) is 13.2 Å². The lowest BCUT2D eigenvalue weighted by Crippen LogP contribution is -2.10. The Labute approximate surface area is 155 Å². The van der Waals surface area contributed by atoms with Crippen LogP contribution >= 0.6 is 11.3 Å². The van der Waals surface area contributed by atoms with E-state index in [-0.39, 0.29) is 12.6 Å². The third-order valence-corrected chi connectivity index (χ3v) is 4.89. The number of ether oxygens (including phenoxy) is 2. The molecule has 0 saturated carbocycles. The predicted molar refractivity (Wildman–Crippen MR) is 102 cm³/mol. The summed E-state index contributed by atoms with van der Waals surface area (Å²) in [7, 11) is 0. The number of benzene rings is 1. The van der Waals surface area contributed by atoms with Gasteiger partial charge in [-0.15, -0.1) is 11.3 Å². The Kier molecular flexibility index (Phi) is 5.32. The van der Waals surface area contributed by atoms with E-state index >= 15 is 0 Å². The molecule has 2 heterocycles. The summed E-state index contributed by atoms with van der Waals surface area (Å²) in [4.78, 5) is 30.4. The number of aryl methyl sites for hydroxylation is 1. The van der Waals surface area contributed by atoms with Crippen LogP contribution in [0.3, 0.4) is 0 Å². The van der Waals surface area contributed by atoms with Crippen molar-refractivity contribution in [2.24, 2.45) is 0 Å². The van der Waals surface area contributed by atoms with E-state index in [9.17, 15) is 9.59 Å². The molecule has 26 heavy (non-hydrogen) atoms. The van der Waals surface area contributed by atoms with Crippen molar-refractivity contribution in [1.29, 1.82) is 0 Å². The zero-order valence-electron chi connectivity index (χ0n) is 14.9. The van der Waals surface area contributed by atoms with Gasteiger partial charge in [0.1, 0.15) is 9.71 Å². The molecule has 2 aromatic heterocycles. The summed E-state index contributed by atoms with van der Waals surface area (Å²) in [6.07, 6.45) is 0. The zero-order valence-corrected chi connectivity index (χ0v) is 15.7. The summed E-state index contributed by atoms with van der Waals surface area (Å²) in [6, 6.07) is 11.3. The fourth-order valence-corrected chi connectivity index (χ4v) is 3.81. The molecule has 0 aliphatic rings. The standard InChI is InChI=1S/C20H19NO4S/c1-4-24-19(22)15-11-14-17(13-9-7-6-8-10-13)16(20(23)25-5-2)12(3)21-18(14)26-15/h6-11H,4-5H2,1-3H3. The predicted octanol–water partition coefficient (Wildman–Crippen LogP) is 4.63. The largest absolute Gasteiger partial charge is 0.462 e. The molecular weight excluding hydrogens is 350 g/mol. The summed E-state index contributed by atoms with van der Waals surface area (Å²) in [6.45, 7) is 5.90. The molecule has 0 radical (unpaired) electrons. The minimum atomic E-state index is -0.415.